The molecular weight excluding hydrogens is 292 g/mol. The molecule has 1 saturated heterocycles. The lowest BCUT2D eigenvalue weighted by atomic mass is 10.3. The number of morpholine rings is 1. The Labute approximate surface area is 123 Å². The summed E-state index contributed by atoms with van der Waals surface area (Å²) in [5, 5.41) is 0. The second kappa shape index (κ2) is 5.72. The van der Waals surface area contributed by atoms with Crippen LogP contribution in [0.3, 0.4) is 0 Å². The highest BCUT2D eigenvalue weighted by Gasteiger charge is 2.27. The molecule has 8 heteroatoms. The quantitative estimate of drug-likeness (QED) is 0.874. The molecule has 3 rings (SSSR count). The summed E-state index contributed by atoms with van der Waals surface area (Å²) in [6.07, 6.45) is 0. The second-order valence-corrected chi connectivity index (χ2v) is 6.70. The third-order valence-electron chi connectivity index (χ3n) is 3.45. The molecule has 2 aromatic rings. The van der Waals surface area contributed by atoms with Crippen LogP contribution in [0.4, 0.5) is 0 Å². The van der Waals surface area contributed by atoms with Crippen molar-refractivity contribution in [1.82, 2.24) is 19.0 Å². The van der Waals surface area contributed by atoms with Crippen molar-refractivity contribution in [1.29, 1.82) is 0 Å². The number of benzene rings is 1. The Morgan fingerprint density at radius 2 is 2.05 bits per heavy atom. The molecule has 1 fully saturated rings. The molecule has 1 aliphatic heterocycles. The highest BCUT2D eigenvalue weighted by molar-refractivity contribution is 7.87. The number of aromatic amines is 1. The van der Waals surface area contributed by atoms with Gasteiger partial charge in [0.05, 0.1) is 30.3 Å². The summed E-state index contributed by atoms with van der Waals surface area (Å²) >= 11 is 0. The molecule has 0 spiro atoms. The highest BCUT2D eigenvalue weighted by atomic mass is 32.2. The summed E-state index contributed by atoms with van der Waals surface area (Å²) < 4.78 is 33.8. The lowest BCUT2D eigenvalue weighted by Crippen LogP contribution is -2.47. The van der Waals surface area contributed by atoms with Crippen LogP contribution in [-0.2, 0) is 14.9 Å². The topological polar surface area (TPSA) is 87.3 Å². The number of ether oxygens (including phenoxy) is 1. The van der Waals surface area contributed by atoms with Crippen molar-refractivity contribution < 1.29 is 13.2 Å². The largest absolute Gasteiger partial charge is 0.379 e. The number of H-pyrrole nitrogens is 1. The Bertz CT molecular complexity index is 689. The van der Waals surface area contributed by atoms with E-state index in [1.165, 1.54) is 4.31 Å². The molecular formula is C13H18N4O3S. The number of aromatic nitrogens is 2. The second-order valence-electron chi connectivity index (χ2n) is 5.00. The molecule has 1 atom stereocenters. The number of nitrogens with zero attached hydrogens (tertiary/aromatic N) is 2. The van der Waals surface area contributed by atoms with E-state index in [0.717, 1.165) is 11.0 Å². The average molecular weight is 310 g/mol. The summed E-state index contributed by atoms with van der Waals surface area (Å²) in [4.78, 5) is 7.56. The van der Waals surface area contributed by atoms with Crippen molar-refractivity contribution >= 4 is 21.2 Å². The van der Waals surface area contributed by atoms with Crippen molar-refractivity contribution in [2.75, 3.05) is 26.3 Å². The Morgan fingerprint density at radius 1 is 1.33 bits per heavy atom. The van der Waals surface area contributed by atoms with Crippen LogP contribution < -0.4 is 4.72 Å². The SMILES string of the molecule is CC(NS(=O)(=O)N1CCOCC1)c1nc2ccccc2[nH]1. The predicted molar refractivity (Wildman–Crippen MR) is 79.0 cm³/mol. The first-order valence-electron chi connectivity index (χ1n) is 6.86. The fourth-order valence-electron chi connectivity index (χ4n) is 2.32. The maximum atomic E-state index is 12.3. The molecule has 21 heavy (non-hydrogen) atoms. The maximum absolute atomic E-state index is 12.3. The molecule has 1 aliphatic rings. The van der Waals surface area contributed by atoms with Gasteiger partial charge in [-0.15, -0.1) is 0 Å². The number of hydrogen-bond acceptors (Lipinski definition) is 4. The van der Waals surface area contributed by atoms with E-state index in [-0.39, 0.29) is 0 Å². The standard InChI is InChI=1S/C13H18N4O3S/c1-10(13-14-11-4-2-3-5-12(11)15-13)16-21(18,19)17-6-8-20-9-7-17/h2-5,10,16H,6-9H2,1H3,(H,14,15). The molecule has 0 radical (unpaired) electrons. The lowest BCUT2D eigenvalue weighted by molar-refractivity contribution is 0.0723. The minimum absolute atomic E-state index is 0.377. The third-order valence-corrected chi connectivity index (χ3v) is 5.15. The number of hydrogen-bond donors (Lipinski definition) is 2. The molecule has 1 aromatic carbocycles. The first-order valence-corrected chi connectivity index (χ1v) is 8.30. The fourth-order valence-corrected chi connectivity index (χ4v) is 3.66. The molecule has 7 nitrogen and oxygen atoms in total. The van der Waals surface area contributed by atoms with E-state index in [4.69, 9.17) is 4.74 Å². The fraction of sp³-hybridized carbons (Fsp3) is 0.462. The molecule has 0 bridgehead atoms. The molecule has 0 amide bonds. The normalized spacial score (nSPS) is 18.9. The molecule has 1 aromatic heterocycles. The Morgan fingerprint density at radius 3 is 2.76 bits per heavy atom. The Kier molecular flexibility index (Phi) is 3.94. The smallest absolute Gasteiger partial charge is 0.280 e. The van der Waals surface area contributed by atoms with E-state index in [1.54, 1.807) is 6.92 Å². The van der Waals surface area contributed by atoms with Gasteiger partial charge in [0.15, 0.2) is 0 Å². The van der Waals surface area contributed by atoms with Crippen LogP contribution in [0.5, 0.6) is 0 Å². The van der Waals surface area contributed by atoms with Crippen molar-refractivity contribution in [3.8, 4) is 0 Å². The van der Waals surface area contributed by atoms with E-state index in [1.807, 2.05) is 24.3 Å². The first kappa shape index (κ1) is 14.5. The van der Waals surface area contributed by atoms with E-state index in [9.17, 15) is 8.42 Å². The Balaban J connectivity index is 1.77. The zero-order valence-electron chi connectivity index (χ0n) is 11.7. The monoisotopic (exact) mass is 310 g/mol. The van der Waals surface area contributed by atoms with Crippen LogP contribution in [-0.4, -0.2) is 49.0 Å². The lowest BCUT2D eigenvalue weighted by Gasteiger charge is -2.27. The molecule has 0 aliphatic carbocycles. The number of nitrogens with one attached hydrogen (secondary N) is 2. The van der Waals surface area contributed by atoms with Crippen molar-refractivity contribution in [3.63, 3.8) is 0 Å². The van der Waals surface area contributed by atoms with E-state index in [0.29, 0.717) is 32.1 Å². The van der Waals surface area contributed by atoms with E-state index >= 15 is 0 Å². The van der Waals surface area contributed by atoms with Crippen molar-refractivity contribution in [2.45, 2.75) is 13.0 Å². The molecule has 1 unspecified atom stereocenters. The number of fused-ring (bicyclic) bond motifs is 1. The molecule has 2 N–H and O–H groups in total. The highest BCUT2D eigenvalue weighted by Crippen LogP contribution is 2.17. The summed E-state index contributed by atoms with van der Waals surface area (Å²) in [6.45, 7) is 3.39. The van der Waals surface area contributed by atoms with Gasteiger partial charge in [0, 0.05) is 13.1 Å². The van der Waals surface area contributed by atoms with Crippen LogP contribution >= 0.6 is 0 Å². The van der Waals surface area contributed by atoms with Gasteiger partial charge in [0.1, 0.15) is 5.82 Å². The zero-order chi connectivity index (χ0) is 14.9. The third kappa shape index (κ3) is 3.08. The van der Waals surface area contributed by atoms with Crippen LogP contribution in [0.25, 0.3) is 11.0 Å². The summed E-state index contributed by atoms with van der Waals surface area (Å²) in [5.41, 5.74) is 1.72. The number of imidazole rings is 1. The van der Waals surface area contributed by atoms with Gasteiger partial charge < -0.3 is 9.72 Å². The van der Waals surface area contributed by atoms with Gasteiger partial charge in [-0.05, 0) is 19.1 Å². The van der Waals surface area contributed by atoms with Gasteiger partial charge in [-0.25, -0.2) is 4.98 Å². The van der Waals surface area contributed by atoms with E-state index < -0.39 is 16.3 Å². The van der Waals surface area contributed by atoms with Crippen LogP contribution in [0.2, 0.25) is 0 Å². The minimum Gasteiger partial charge on any atom is -0.379 e. The van der Waals surface area contributed by atoms with Gasteiger partial charge in [0.2, 0.25) is 0 Å². The summed E-state index contributed by atoms with van der Waals surface area (Å²) in [6, 6.07) is 7.18. The van der Waals surface area contributed by atoms with E-state index in [2.05, 4.69) is 14.7 Å². The van der Waals surface area contributed by atoms with Gasteiger partial charge >= 0.3 is 0 Å². The van der Waals surface area contributed by atoms with Crippen molar-refractivity contribution in [2.24, 2.45) is 0 Å². The maximum Gasteiger partial charge on any atom is 0.280 e. The van der Waals surface area contributed by atoms with Gasteiger partial charge in [0.25, 0.3) is 10.2 Å². The number of rotatable bonds is 4. The van der Waals surface area contributed by atoms with Crippen LogP contribution in [0.1, 0.15) is 18.8 Å². The predicted octanol–water partition coefficient (Wildman–Crippen LogP) is 0.790. The Hall–Kier alpha value is -1.48. The zero-order valence-corrected chi connectivity index (χ0v) is 12.6. The minimum atomic E-state index is -3.52. The van der Waals surface area contributed by atoms with Gasteiger partial charge in [-0.2, -0.15) is 17.4 Å². The summed E-state index contributed by atoms with van der Waals surface area (Å²) in [7, 11) is -3.52. The van der Waals surface area contributed by atoms with Crippen molar-refractivity contribution in [3.05, 3.63) is 30.1 Å². The molecule has 0 saturated carbocycles. The first-order chi connectivity index (χ1) is 10.1. The van der Waals surface area contributed by atoms with Crippen LogP contribution in [0, 0.1) is 0 Å². The van der Waals surface area contributed by atoms with Gasteiger partial charge in [-0.1, -0.05) is 12.1 Å². The molecule has 114 valence electrons. The average Bonchev–Trinajstić information content (AvgIpc) is 2.92. The molecule has 2 heterocycles. The number of para-hydroxylation sites is 2. The van der Waals surface area contributed by atoms with Crippen LogP contribution in [0.15, 0.2) is 24.3 Å². The summed E-state index contributed by atoms with van der Waals surface area (Å²) in [5.74, 6) is 0.605. The van der Waals surface area contributed by atoms with Gasteiger partial charge in [-0.3, -0.25) is 0 Å².